The molecule has 0 aliphatic carbocycles. The van der Waals surface area contributed by atoms with Crippen LogP contribution in [0, 0.1) is 11.3 Å². The van der Waals surface area contributed by atoms with Crippen LogP contribution in [0.3, 0.4) is 0 Å². The van der Waals surface area contributed by atoms with Gasteiger partial charge in [-0.15, -0.1) is 10.2 Å². The van der Waals surface area contributed by atoms with Gasteiger partial charge in [0, 0.05) is 19.4 Å². The normalized spacial score (nSPS) is 13.9. The quantitative estimate of drug-likeness (QED) is 0.398. The number of hydrogen-bond donors (Lipinski definition) is 0. The van der Waals surface area contributed by atoms with Gasteiger partial charge in [0.25, 0.3) is 0 Å². The number of aromatic nitrogens is 3. The molecule has 0 unspecified atom stereocenters. The van der Waals surface area contributed by atoms with Crippen LogP contribution in [0.4, 0.5) is 0 Å². The fourth-order valence-corrected chi connectivity index (χ4v) is 3.35. The van der Waals surface area contributed by atoms with E-state index in [1.807, 2.05) is 11.5 Å². The highest BCUT2D eigenvalue weighted by Gasteiger charge is 2.18. The standard InChI is InChI=1S/C22H26N4O3/c1-3-4-9-21(27)29-18-11-10-16(14-19(18)28-2)13-17(15-23)22-25-24-20-8-6-5-7-12-26(20)22/h10-11,13-14H,3-9,12H2,1-2H3/b17-13+. The van der Waals surface area contributed by atoms with Gasteiger partial charge in [-0.25, -0.2) is 0 Å². The summed E-state index contributed by atoms with van der Waals surface area (Å²) < 4.78 is 12.8. The van der Waals surface area contributed by atoms with Crippen LogP contribution in [0.2, 0.25) is 0 Å². The van der Waals surface area contributed by atoms with Crippen molar-refractivity contribution in [2.45, 2.75) is 58.4 Å². The first-order valence-electron chi connectivity index (χ1n) is 10.1. The highest BCUT2D eigenvalue weighted by atomic mass is 16.6. The van der Waals surface area contributed by atoms with Gasteiger partial charge in [-0.1, -0.05) is 25.8 Å². The van der Waals surface area contributed by atoms with E-state index in [9.17, 15) is 10.1 Å². The van der Waals surface area contributed by atoms with Gasteiger partial charge < -0.3 is 14.0 Å². The number of benzene rings is 1. The molecule has 3 rings (SSSR count). The molecule has 0 amide bonds. The summed E-state index contributed by atoms with van der Waals surface area (Å²) in [6.45, 7) is 2.85. The van der Waals surface area contributed by atoms with Crippen LogP contribution in [-0.4, -0.2) is 27.8 Å². The lowest BCUT2D eigenvalue weighted by Gasteiger charge is -2.10. The van der Waals surface area contributed by atoms with Crippen LogP contribution < -0.4 is 9.47 Å². The monoisotopic (exact) mass is 394 g/mol. The maximum Gasteiger partial charge on any atom is 0.311 e. The fraction of sp³-hybridized carbons (Fsp3) is 0.455. The predicted octanol–water partition coefficient (Wildman–Crippen LogP) is 4.17. The molecule has 1 aromatic heterocycles. The van der Waals surface area contributed by atoms with Crippen molar-refractivity contribution in [3.05, 3.63) is 35.4 Å². The number of hydrogen-bond acceptors (Lipinski definition) is 6. The van der Waals surface area contributed by atoms with E-state index in [-0.39, 0.29) is 5.97 Å². The van der Waals surface area contributed by atoms with Crippen LogP contribution in [0.1, 0.15) is 62.7 Å². The summed E-state index contributed by atoms with van der Waals surface area (Å²) in [7, 11) is 1.52. The second-order valence-electron chi connectivity index (χ2n) is 7.06. The molecule has 1 aliphatic heterocycles. The molecule has 0 saturated carbocycles. The first kappa shape index (κ1) is 20.6. The molecule has 0 bridgehead atoms. The van der Waals surface area contributed by atoms with E-state index in [0.29, 0.717) is 29.3 Å². The zero-order valence-corrected chi connectivity index (χ0v) is 17.0. The lowest BCUT2D eigenvalue weighted by atomic mass is 10.1. The molecule has 2 heterocycles. The van der Waals surface area contributed by atoms with Crippen molar-refractivity contribution in [2.75, 3.05) is 7.11 Å². The Morgan fingerprint density at radius 2 is 2.14 bits per heavy atom. The number of esters is 1. The third-order valence-corrected chi connectivity index (χ3v) is 4.93. The van der Waals surface area contributed by atoms with E-state index in [1.165, 1.54) is 7.11 Å². The highest BCUT2D eigenvalue weighted by Crippen LogP contribution is 2.30. The maximum atomic E-state index is 11.9. The van der Waals surface area contributed by atoms with Gasteiger partial charge in [0.05, 0.1) is 12.7 Å². The Bertz CT molecular complexity index is 940. The van der Waals surface area contributed by atoms with E-state index in [0.717, 1.165) is 56.5 Å². The number of carbonyl (C=O) groups excluding carboxylic acids is 1. The number of methoxy groups -OCH3 is 1. The van der Waals surface area contributed by atoms with Crippen molar-refractivity contribution < 1.29 is 14.3 Å². The predicted molar refractivity (Wildman–Crippen MR) is 109 cm³/mol. The molecule has 0 spiro atoms. The third kappa shape index (κ3) is 5.02. The second kappa shape index (κ2) is 9.87. The molecule has 1 aliphatic rings. The maximum absolute atomic E-state index is 11.9. The Morgan fingerprint density at radius 1 is 1.28 bits per heavy atom. The number of carbonyl (C=O) groups is 1. The Labute approximate surface area is 171 Å². The summed E-state index contributed by atoms with van der Waals surface area (Å²) in [5.74, 6) is 2.07. The molecular formula is C22H26N4O3. The molecular weight excluding hydrogens is 368 g/mol. The zero-order chi connectivity index (χ0) is 20.6. The number of unbranched alkanes of at least 4 members (excludes halogenated alkanes) is 1. The summed E-state index contributed by atoms with van der Waals surface area (Å²) in [6, 6.07) is 7.47. The van der Waals surface area contributed by atoms with Crippen molar-refractivity contribution in [2.24, 2.45) is 0 Å². The van der Waals surface area contributed by atoms with Gasteiger partial charge >= 0.3 is 5.97 Å². The van der Waals surface area contributed by atoms with Crippen molar-refractivity contribution in [1.29, 1.82) is 5.26 Å². The van der Waals surface area contributed by atoms with E-state index in [1.54, 1.807) is 24.3 Å². The van der Waals surface area contributed by atoms with Gasteiger partial charge in [-0.3, -0.25) is 4.79 Å². The first-order valence-corrected chi connectivity index (χ1v) is 10.1. The Morgan fingerprint density at radius 3 is 2.90 bits per heavy atom. The minimum atomic E-state index is -0.280. The molecule has 29 heavy (non-hydrogen) atoms. The van der Waals surface area contributed by atoms with Crippen molar-refractivity contribution in [1.82, 2.24) is 14.8 Å². The number of fused-ring (bicyclic) bond motifs is 1. The highest BCUT2D eigenvalue weighted by molar-refractivity contribution is 5.87. The minimum Gasteiger partial charge on any atom is -0.493 e. The molecule has 7 nitrogen and oxygen atoms in total. The van der Waals surface area contributed by atoms with Crippen LogP contribution in [-0.2, 0) is 17.8 Å². The summed E-state index contributed by atoms with van der Waals surface area (Å²) in [6.07, 6.45) is 8.05. The van der Waals surface area contributed by atoms with Crippen LogP contribution in [0.5, 0.6) is 11.5 Å². The molecule has 0 radical (unpaired) electrons. The third-order valence-electron chi connectivity index (χ3n) is 4.93. The number of allylic oxidation sites excluding steroid dienone is 1. The van der Waals surface area contributed by atoms with Gasteiger partial charge in [0.2, 0.25) is 0 Å². The number of rotatable bonds is 7. The number of aryl methyl sites for hydroxylation is 1. The molecule has 0 fully saturated rings. The lowest BCUT2D eigenvalue weighted by molar-refractivity contribution is -0.134. The molecule has 1 aromatic carbocycles. The average molecular weight is 394 g/mol. The zero-order valence-electron chi connectivity index (χ0n) is 17.0. The Balaban J connectivity index is 1.86. The van der Waals surface area contributed by atoms with Gasteiger partial charge in [0.1, 0.15) is 11.9 Å². The van der Waals surface area contributed by atoms with E-state index in [4.69, 9.17) is 9.47 Å². The van der Waals surface area contributed by atoms with Gasteiger partial charge in [-0.2, -0.15) is 5.26 Å². The van der Waals surface area contributed by atoms with Gasteiger partial charge in [0.15, 0.2) is 17.3 Å². The van der Waals surface area contributed by atoms with Crippen molar-refractivity contribution >= 4 is 17.6 Å². The Kier molecular flexibility index (Phi) is 7.01. The summed E-state index contributed by atoms with van der Waals surface area (Å²) in [5, 5.41) is 18.2. The number of ether oxygens (including phenoxy) is 2. The largest absolute Gasteiger partial charge is 0.493 e. The van der Waals surface area contributed by atoms with Crippen molar-refractivity contribution in [3.63, 3.8) is 0 Å². The minimum absolute atomic E-state index is 0.280. The average Bonchev–Trinajstić information content (AvgIpc) is 2.98. The van der Waals surface area contributed by atoms with Crippen LogP contribution in [0.25, 0.3) is 11.6 Å². The van der Waals surface area contributed by atoms with Gasteiger partial charge in [-0.05, 0) is 43.0 Å². The molecule has 0 saturated heterocycles. The summed E-state index contributed by atoms with van der Waals surface area (Å²) in [4.78, 5) is 11.9. The SMILES string of the molecule is CCCCC(=O)Oc1ccc(/C=C(\C#N)c2nnc3n2CCCCC3)cc1OC. The molecule has 7 heteroatoms. The summed E-state index contributed by atoms with van der Waals surface area (Å²) in [5.41, 5.74) is 1.21. The smallest absolute Gasteiger partial charge is 0.311 e. The summed E-state index contributed by atoms with van der Waals surface area (Å²) >= 11 is 0. The number of nitrogens with zero attached hydrogens (tertiary/aromatic N) is 4. The molecule has 2 aromatic rings. The second-order valence-corrected chi connectivity index (χ2v) is 7.06. The van der Waals surface area contributed by atoms with Crippen LogP contribution >= 0.6 is 0 Å². The molecule has 152 valence electrons. The van der Waals surface area contributed by atoms with E-state index < -0.39 is 0 Å². The molecule has 0 N–H and O–H groups in total. The number of nitriles is 1. The lowest BCUT2D eigenvalue weighted by Crippen LogP contribution is -2.08. The fourth-order valence-electron chi connectivity index (χ4n) is 3.35. The molecule has 0 atom stereocenters. The van der Waals surface area contributed by atoms with Crippen molar-refractivity contribution in [3.8, 4) is 17.6 Å². The van der Waals surface area contributed by atoms with Crippen LogP contribution in [0.15, 0.2) is 18.2 Å². The topological polar surface area (TPSA) is 90.0 Å². The Hall–Kier alpha value is -3.14. The van der Waals surface area contributed by atoms with E-state index >= 15 is 0 Å². The first-order chi connectivity index (χ1) is 14.2. The van der Waals surface area contributed by atoms with E-state index in [2.05, 4.69) is 16.3 Å².